The van der Waals surface area contributed by atoms with Crippen molar-refractivity contribution in [1.82, 2.24) is 25.2 Å². The van der Waals surface area contributed by atoms with Crippen LogP contribution in [-0.2, 0) is 0 Å². The zero-order chi connectivity index (χ0) is 28.0. The van der Waals surface area contributed by atoms with Crippen LogP contribution in [0.25, 0.3) is 11.3 Å². The summed E-state index contributed by atoms with van der Waals surface area (Å²) in [7, 11) is 2.02. The smallest absolute Gasteiger partial charge is 0.191 e. The Morgan fingerprint density at radius 3 is 2.73 bits per heavy atom. The lowest BCUT2D eigenvalue weighted by atomic mass is 9.79. The number of likely N-dealkylation sites (N-methyl/N-ethyl adjacent to an activating group) is 1. The summed E-state index contributed by atoms with van der Waals surface area (Å²) in [5, 5.41) is 21.9. The molecule has 0 amide bonds. The van der Waals surface area contributed by atoms with Gasteiger partial charge in [0.2, 0.25) is 0 Å². The summed E-state index contributed by atoms with van der Waals surface area (Å²) in [4.78, 5) is 12.5. The van der Waals surface area contributed by atoms with Crippen LogP contribution < -0.4 is 10.3 Å². The second-order valence-corrected chi connectivity index (χ2v) is 12.3. The van der Waals surface area contributed by atoms with Crippen molar-refractivity contribution in [2.45, 2.75) is 39.2 Å². The van der Waals surface area contributed by atoms with E-state index in [1.165, 1.54) is 35.6 Å². The number of hydrogen-bond donors (Lipinski definition) is 2. The third-order valence-electron chi connectivity index (χ3n) is 8.56. The molecule has 6 rings (SSSR count). The minimum atomic E-state index is -0.312. The van der Waals surface area contributed by atoms with Crippen LogP contribution in [0.4, 0.5) is 9.52 Å². The van der Waals surface area contributed by atoms with Crippen LogP contribution in [0.15, 0.2) is 59.2 Å². The van der Waals surface area contributed by atoms with Crippen LogP contribution in [0.2, 0.25) is 0 Å². The van der Waals surface area contributed by atoms with E-state index in [0.29, 0.717) is 16.0 Å². The molecule has 0 radical (unpaired) electrons. The van der Waals surface area contributed by atoms with E-state index in [1.807, 2.05) is 7.05 Å². The topological polar surface area (TPSA) is 81.9 Å². The maximum absolute atomic E-state index is 13.5. The zero-order valence-corrected chi connectivity index (χ0v) is 24.1. The number of fused-ring (bicyclic) bond motifs is 1. The third kappa shape index (κ3) is 4.71. The molecule has 2 aromatic rings. The Morgan fingerprint density at radius 2 is 2.02 bits per heavy atom. The van der Waals surface area contributed by atoms with E-state index in [1.54, 1.807) is 12.1 Å². The van der Waals surface area contributed by atoms with Crippen molar-refractivity contribution < 1.29 is 9.50 Å². The van der Waals surface area contributed by atoms with E-state index in [9.17, 15) is 9.65 Å². The van der Waals surface area contributed by atoms with Gasteiger partial charge < -0.3 is 19.8 Å². The summed E-state index contributed by atoms with van der Waals surface area (Å²) >= 11 is 1.36. The summed E-state index contributed by atoms with van der Waals surface area (Å²) in [6.45, 7) is 9.89. The van der Waals surface area contributed by atoms with E-state index in [0.717, 1.165) is 73.4 Å². The number of nitrogens with zero attached hydrogens (tertiary/aromatic N) is 6. The number of aliphatic hydroxyl groups excluding tert-OH is 1. The number of likely N-dealkylation sites (tertiary alicyclic amines) is 2. The van der Waals surface area contributed by atoms with Gasteiger partial charge in [-0.2, -0.15) is 5.26 Å². The molecular weight excluding hydrogens is 525 g/mol. The Bertz CT molecular complexity index is 1420. The quantitative estimate of drug-likeness (QED) is 0.495. The van der Waals surface area contributed by atoms with Crippen molar-refractivity contribution in [3.63, 3.8) is 0 Å². The van der Waals surface area contributed by atoms with Gasteiger partial charge in [-0.15, -0.1) is 0 Å². The number of hydrazine groups is 1. The number of nitrogens with one attached hydrogen (secondary N) is 1. The molecule has 1 unspecified atom stereocenters. The number of anilines is 1. The Morgan fingerprint density at radius 1 is 1.25 bits per heavy atom. The van der Waals surface area contributed by atoms with Gasteiger partial charge in [-0.05, 0) is 62.6 Å². The molecule has 10 heteroatoms. The normalized spacial score (nSPS) is 21.9. The van der Waals surface area contributed by atoms with Crippen molar-refractivity contribution in [1.29, 1.82) is 5.26 Å². The van der Waals surface area contributed by atoms with Crippen molar-refractivity contribution in [2.24, 2.45) is 5.41 Å². The van der Waals surface area contributed by atoms with E-state index < -0.39 is 0 Å². The van der Waals surface area contributed by atoms with Crippen molar-refractivity contribution in [3.8, 4) is 17.3 Å². The molecule has 2 N–H and O–H groups in total. The molecule has 40 heavy (non-hydrogen) atoms. The number of allylic oxidation sites excluding steroid dienone is 3. The first kappa shape index (κ1) is 27.0. The fraction of sp³-hybridized carbons (Fsp3) is 0.467. The first-order valence-corrected chi connectivity index (χ1v) is 14.9. The molecule has 1 atom stereocenters. The standard InChI is InChI=1S/C30H36FN7OS/c1-4-24-28(35(3)29-33-27(26(16-32)40-29)21-6-8-22(31)9-7-21)25-15-23(14-20(2)38(25)34-24)37-12-10-30(19-37)17-36(18-30)11-5-13-39/h6-9,14-15,24,34,39H,4-5,10-13,17-19H2,1-3H3. The first-order valence-electron chi connectivity index (χ1n) is 14.0. The van der Waals surface area contributed by atoms with Gasteiger partial charge in [-0.3, -0.25) is 5.01 Å². The Labute approximate surface area is 239 Å². The molecule has 0 bridgehead atoms. The van der Waals surface area contributed by atoms with Crippen LogP contribution >= 0.6 is 11.3 Å². The minimum absolute atomic E-state index is 0.0966. The second kappa shape index (κ2) is 10.6. The van der Waals surface area contributed by atoms with Crippen LogP contribution in [0.3, 0.4) is 0 Å². The van der Waals surface area contributed by atoms with Crippen molar-refractivity contribution in [2.75, 3.05) is 51.3 Å². The number of nitriles is 1. The molecule has 8 nitrogen and oxygen atoms in total. The molecule has 1 aromatic heterocycles. The van der Waals surface area contributed by atoms with Crippen LogP contribution in [0, 0.1) is 22.6 Å². The van der Waals surface area contributed by atoms with Gasteiger partial charge in [0.15, 0.2) is 5.13 Å². The molecule has 1 aromatic carbocycles. The molecular formula is C30H36FN7OS. The predicted molar refractivity (Wildman–Crippen MR) is 155 cm³/mol. The highest BCUT2D eigenvalue weighted by molar-refractivity contribution is 7.16. The monoisotopic (exact) mass is 561 g/mol. The third-order valence-corrected chi connectivity index (χ3v) is 9.59. The summed E-state index contributed by atoms with van der Waals surface area (Å²) in [5.74, 6) is -0.312. The lowest BCUT2D eigenvalue weighted by Gasteiger charge is -2.48. The van der Waals surface area contributed by atoms with Gasteiger partial charge in [-0.25, -0.2) is 14.8 Å². The molecule has 0 saturated carbocycles. The largest absolute Gasteiger partial charge is 0.396 e. The van der Waals surface area contributed by atoms with Crippen molar-refractivity contribution in [3.05, 3.63) is 69.9 Å². The molecule has 4 aliphatic heterocycles. The Balaban J connectivity index is 1.29. The maximum Gasteiger partial charge on any atom is 0.191 e. The summed E-state index contributed by atoms with van der Waals surface area (Å²) in [5.41, 5.74) is 9.98. The van der Waals surface area contributed by atoms with Crippen LogP contribution in [0.5, 0.6) is 0 Å². The maximum atomic E-state index is 13.5. The lowest BCUT2D eigenvalue weighted by Crippen LogP contribution is -2.57. The fourth-order valence-corrected chi connectivity index (χ4v) is 7.41. The molecule has 4 aliphatic rings. The van der Waals surface area contributed by atoms with Crippen LogP contribution in [-0.4, -0.2) is 77.3 Å². The van der Waals surface area contributed by atoms with Crippen LogP contribution in [0.1, 0.15) is 38.0 Å². The van der Waals surface area contributed by atoms with Gasteiger partial charge in [0.05, 0.1) is 17.4 Å². The highest BCUT2D eigenvalue weighted by Gasteiger charge is 2.48. The van der Waals surface area contributed by atoms with Crippen molar-refractivity contribution >= 4 is 16.5 Å². The average molecular weight is 562 g/mol. The number of benzene rings is 1. The average Bonchev–Trinajstić information content (AvgIpc) is 3.66. The highest BCUT2D eigenvalue weighted by Crippen LogP contribution is 2.43. The summed E-state index contributed by atoms with van der Waals surface area (Å²) in [6, 6.07) is 8.53. The zero-order valence-electron chi connectivity index (χ0n) is 23.3. The molecule has 210 valence electrons. The second-order valence-electron chi connectivity index (χ2n) is 11.4. The number of halogens is 1. The first-order chi connectivity index (χ1) is 19.3. The van der Waals surface area contributed by atoms with Gasteiger partial charge in [0.25, 0.3) is 0 Å². The van der Waals surface area contributed by atoms with Gasteiger partial charge >= 0.3 is 0 Å². The van der Waals surface area contributed by atoms with Gasteiger partial charge in [0, 0.05) is 68.8 Å². The Kier molecular flexibility index (Phi) is 7.17. The van der Waals surface area contributed by atoms with E-state index in [4.69, 9.17) is 10.1 Å². The predicted octanol–water partition coefficient (Wildman–Crippen LogP) is 4.26. The van der Waals surface area contributed by atoms with Gasteiger partial charge in [-0.1, -0.05) is 18.3 Å². The van der Waals surface area contributed by atoms with E-state index in [2.05, 4.69) is 57.2 Å². The number of aromatic nitrogens is 1. The van der Waals surface area contributed by atoms with Gasteiger partial charge in [0.1, 0.15) is 22.5 Å². The fourth-order valence-electron chi connectivity index (χ4n) is 6.55. The summed E-state index contributed by atoms with van der Waals surface area (Å²) in [6.07, 6.45) is 7.51. The minimum Gasteiger partial charge on any atom is -0.396 e. The van der Waals surface area contributed by atoms with E-state index in [-0.39, 0.29) is 18.5 Å². The highest BCUT2D eigenvalue weighted by atomic mass is 32.1. The molecule has 5 heterocycles. The number of thiazole rings is 1. The molecule has 2 fully saturated rings. The summed E-state index contributed by atoms with van der Waals surface area (Å²) < 4.78 is 13.5. The SMILES string of the molecule is CCC1NN2C(C)=CC(N3CCC4(CN(CCCO)C4)C3)=CC2=C1N(C)c1nc(-c2ccc(F)cc2)c(C#N)s1. The molecule has 0 aliphatic carbocycles. The molecule has 1 spiro atoms. The van der Waals surface area contributed by atoms with E-state index >= 15 is 0 Å². The number of hydrogen-bond acceptors (Lipinski definition) is 9. The molecule has 2 saturated heterocycles. The lowest BCUT2D eigenvalue weighted by molar-refractivity contribution is 0.00726. The Hall–Kier alpha value is -3.23. The number of aliphatic hydroxyl groups is 1. The number of rotatable bonds is 8.